The number of aryl methyl sites for hydroxylation is 2. The number of rotatable bonds is 3. The van der Waals surface area contributed by atoms with Gasteiger partial charge in [-0.05, 0) is 54.8 Å². The highest BCUT2D eigenvalue weighted by Gasteiger charge is 2.26. The monoisotopic (exact) mass is 333 g/mol. The van der Waals surface area contributed by atoms with Crippen LogP contribution in [0.1, 0.15) is 29.2 Å². The second-order valence-corrected chi connectivity index (χ2v) is 8.44. The average molecular weight is 333 g/mol. The lowest BCUT2D eigenvalue weighted by molar-refractivity contribution is 0.545. The van der Waals surface area contributed by atoms with Crippen molar-refractivity contribution in [2.75, 3.05) is 5.75 Å². The SMILES string of the molecule is Cc1ccc(C)c(S(=O)(=O)NC2CCSc3ccccc32)c1. The molecule has 0 saturated heterocycles. The van der Waals surface area contributed by atoms with E-state index in [0.717, 1.165) is 28.9 Å². The van der Waals surface area contributed by atoms with Crippen molar-refractivity contribution in [1.82, 2.24) is 4.72 Å². The summed E-state index contributed by atoms with van der Waals surface area (Å²) in [4.78, 5) is 1.55. The number of sulfonamides is 1. The number of benzene rings is 2. The molecule has 0 saturated carbocycles. The van der Waals surface area contributed by atoms with Gasteiger partial charge in [-0.2, -0.15) is 0 Å². The van der Waals surface area contributed by atoms with E-state index in [4.69, 9.17) is 0 Å². The molecule has 1 aliphatic rings. The molecular weight excluding hydrogens is 314 g/mol. The van der Waals surface area contributed by atoms with Crippen LogP contribution in [0, 0.1) is 13.8 Å². The second-order valence-electron chi connectivity index (χ2n) is 5.62. The summed E-state index contributed by atoms with van der Waals surface area (Å²) in [6.07, 6.45) is 0.811. The number of fused-ring (bicyclic) bond motifs is 1. The minimum absolute atomic E-state index is 0.151. The maximum atomic E-state index is 12.8. The summed E-state index contributed by atoms with van der Waals surface area (Å²) in [6, 6.07) is 13.4. The summed E-state index contributed by atoms with van der Waals surface area (Å²) in [5.41, 5.74) is 2.80. The summed E-state index contributed by atoms with van der Waals surface area (Å²) in [6.45, 7) is 3.74. The maximum Gasteiger partial charge on any atom is 0.241 e. The maximum absolute atomic E-state index is 12.8. The van der Waals surface area contributed by atoms with Crippen molar-refractivity contribution in [2.24, 2.45) is 0 Å². The van der Waals surface area contributed by atoms with Gasteiger partial charge in [0.05, 0.1) is 4.90 Å². The third kappa shape index (κ3) is 3.07. The van der Waals surface area contributed by atoms with Gasteiger partial charge in [0.2, 0.25) is 10.0 Å². The van der Waals surface area contributed by atoms with Crippen LogP contribution < -0.4 is 4.72 Å². The van der Waals surface area contributed by atoms with Crippen LogP contribution in [0.25, 0.3) is 0 Å². The molecule has 0 aliphatic carbocycles. The van der Waals surface area contributed by atoms with Gasteiger partial charge in [-0.25, -0.2) is 13.1 Å². The van der Waals surface area contributed by atoms with Crippen molar-refractivity contribution < 1.29 is 8.42 Å². The van der Waals surface area contributed by atoms with E-state index in [1.54, 1.807) is 17.8 Å². The normalized spacial score (nSPS) is 18.0. The van der Waals surface area contributed by atoms with Crippen LogP contribution in [0.3, 0.4) is 0 Å². The molecule has 2 aromatic carbocycles. The van der Waals surface area contributed by atoms with E-state index in [2.05, 4.69) is 10.8 Å². The minimum Gasteiger partial charge on any atom is -0.207 e. The third-order valence-electron chi connectivity index (χ3n) is 3.89. The molecule has 1 unspecified atom stereocenters. The summed E-state index contributed by atoms with van der Waals surface area (Å²) >= 11 is 1.79. The molecule has 0 fully saturated rings. The summed E-state index contributed by atoms with van der Waals surface area (Å²) in [5.74, 6) is 0.928. The highest BCUT2D eigenvalue weighted by molar-refractivity contribution is 7.99. The fraction of sp³-hybridized carbons (Fsp3) is 0.294. The van der Waals surface area contributed by atoms with E-state index < -0.39 is 10.0 Å². The fourth-order valence-electron chi connectivity index (χ4n) is 2.71. The number of nitrogens with one attached hydrogen (secondary N) is 1. The molecule has 0 spiro atoms. The van der Waals surface area contributed by atoms with Crippen LogP contribution in [0.5, 0.6) is 0 Å². The summed E-state index contributed by atoms with van der Waals surface area (Å²) in [7, 11) is -3.52. The molecule has 2 aromatic rings. The molecule has 1 heterocycles. The highest BCUT2D eigenvalue weighted by Crippen LogP contribution is 2.36. The van der Waals surface area contributed by atoms with Gasteiger partial charge in [0, 0.05) is 10.9 Å². The predicted octanol–water partition coefficient (Wildman–Crippen LogP) is 3.82. The lowest BCUT2D eigenvalue weighted by Gasteiger charge is -2.26. The molecule has 0 bridgehead atoms. The lowest BCUT2D eigenvalue weighted by atomic mass is 10.1. The molecule has 5 heteroatoms. The molecule has 1 N–H and O–H groups in total. The van der Waals surface area contributed by atoms with Crippen LogP contribution in [0.2, 0.25) is 0 Å². The molecule has 116 valence electrons. The van der Waals surface area contributed by atoms with Gasteiger partial charge in [-0.15, -0.1) is 11.8 Å². The third-order valence-corrected chi connectivity index (χ3v) is 6.63. The van der Waals surface area contributed by atoms with E-state index in [-0.39, 0.29) is 6.04 Å². The van der Waals surface area contributed by atoms with Crippen molar-refractivity contribution in [3.63, 3.8) is 0 Å². The van der Waals surface area contributed by atoms with E-state index >= 15 is 0 Å². The standard InChI is InChI=1S/C17H19NO2S2/c1-12-7-8-13(2)17(11-12)22(19,20)18-15-9-10-21-16-6-4-3-5-14(15)16/h3-8,11,15,18H,9-10H2,1-2H3. The Kier molecular flexibility index (Phi) is 4.30. The first-order chi connectivity index (χ1) is 10.5. The molecular formula is C17H19NO2S2. The molecule has 0 radical (unpaired) electrons. The molecule has 1 atom stereocenters. The zero-order chi connectivity index (χ0) is 15.7. The molecule has 22 heavy (non-hydrogen) atoms. The Bertz CT molecular complexity index is 800. The van der Waals surface area contributed by atoms with Gasteiger partial charge >= 0.3 is 0 Å². The largest absolute Gasteiger partial charge is 0.241 e. The fourth-order valence-corrected chi connectivity index (χ4v) is 5.42. The van der Waals surface area contributed by atoms with Gasteiger partial charge < -0.3 is 0 Å². The van der Waals surface area contributed by atoms with Gasteiger partial charge in [-0.1, -0.05) is 30.3 Å². The van der Waals surface area contributed by atoms with Gasteiger partial charge in [0.25, 0.3) is 0 Å². The summed E-state index contributed by atoms with van der Waals surface area (Å²) in [5, 5.41) is 0. The lowest BCUT2D eigenvalue weighted by Crippen LogP contribution is -2.31. The Morgan fingerprint density at radius 1 is 1.14 bits per heavy atom. The molecule has 1 aliphatic heterocycles. The highest BCUT2D eigenvalue weighted by atomic mass is 32.2. The van der Waals surface area contributed by atoms with E-state index in [0.29, 0.717) is 4.90 Å². The van der Waals surface area contributed by atoms with E-state index in [1.165, 1.54) is 4.90 Å². The zero-order valence-corrected chi connectivity index (χ0v) is 14.3. The second kappa shape index (κ2) is 6.07. The Morgan fingerprint density at radius 2 is 1.91 bits per heavy atom. The van der Waals surface area contributed by atoms with Crippen LogP contribution in [-0.4, -0.2) is 14.2 Å². The number of hydrogen-bond donors (Lipinski definition) is 1. The molecule has 3 nitrogen and oxygen atoms in total. The molecule has 0 amide bonds. The van der Waals surface area contributed by atoms with E-state index in [9.17, 15) is 8.42 Å². The van der Waals surface area contributed by atoms with Gasteiger partial charge in [0.15, 0.2) is 0 Å². The summed E-state index contributed by atoms with van der Waals surface area (Å²) < 4.78 is 28.4. The minimum atomic E-state index is -3.52. The Labute approximate surface area is 136 Å². The molecule has 3 rings (SSSR count). The van der Waals surface area contributed by atoms with Crippen molar-refractivity contribution >= 4 is 21.8 Å². The van der Waals surface area contributed by atoms with Crippen molar-refractivity contribution in [3.05, 3.63) is 59.2 Å². The number of thioether (sulfide) groups is 1. The average Bonchev–Trinajstić information content (AvgIpc) is 2.50. The first kappa shape index (κ1) is 15.6. The Balaban J connectivity index is 1.95. The van der Waals surface area contributed by atoms with Crippen LogP contribution in [-0.2, 0) is 10.0 Å². The first-order valence-corrected chi connectivity index (χ1v) is 9.75. The topological polar surface area (TPSA) is 46.2 Å². The number of hydrogen-bond acceptors (Lipinski definition) is 3. The quantitative estimate of drug-likeness (QED) is 0.929. The van der Waals surface area contributed by atoms with Crippen molar-refractivity contribution in [3.8, 4) is 0 Å². The predicted molar refractivity (Wildman–Crippen MR) is 90.8 cm³/mol. The van der Waals surface area contributed by atoms with Gasteiger partial charge in [-0.3, -0.25) is 0 Å². The van der Waals surface area contributed by atoms with Gasteiger partial charge in [0.1, 0.15) is 0 Å². The smallest absolute Gasteiger partial charge is 0.207 e. The van der Waals surface area contributed by atoms with Crippen LogP contribution in [0.15, 0.2) is 52.3 Å². The Hall–Kier alpha value is -1.30. The van der Waals surface area contributed by atoms with Crippen molar-refractivity contribution in [1.29, 1.82) is 0 Å². The van der Waals surface area contributed by atoms with E-state index in [1.807, 2.05) is 44.2 Å². The Morgan fingerprint density at radius 3 is 2.73 bits per heavy atom. The van der Waals surface area contributed by atoms with Crippen LogP contribution >= 0.6 is 11.8 Å². The molecule has 0 aromatic heterocycles. The zero-order valence-electron chi connectivity index (χ0n) is 12.7. The van der Waals surface area contributed by atoms with Crippen LogP contribution in [0.4, 0.5) is 0 Å². The van der Waals surface area contributed by atoms with Crippen molar-refractivity contribution in [2.45, 2.75) is 36.1 Å². The first-order valence-electron chi connectivity index (χ1n) is 7.29.